The maximum atomic E-state index is 12.9. The third-order valence-electron chi connectivity index (χ3n) is 4.99. The van der Waals surface area contributed by atoms with E-state index < -0.39 is 10.0 Å². The number of sulfonamides is 1. The highest BCUT2D eigenvalue weighted by atomic mass is 35.5. The van der Waals surface area contributed by atoms with E-state index in [0.29, 0.717) is 46.2 Å². The second kappa shape index (κ2) is 7.86. The van der Waals surface area contributed by atoms with Gasteiger partial charge in [0.25, 0.3) is 5.89 Å². The maximum absolute atomic E-state index is 12.9. The van der Waals surface area contributed by atoms with Crippen molar-refractivity contribution in [2.24, 2.45) is 0 Å². The summed E-state index contributed by atoms with van der Waals surface area (Å²) in [7, 11) is -3.58. The largest absolute Gasteiger partial charge is 0.451 e. The van der Waals surface area contributed by atoms with Crippen LogP contribution < -0.4 is 0 Å². The SMILES string of the molecule is CCN(CC)S(=O)(=O)c1ccc2oc(-c3nc(-c4ccccc4Cl)no3)c(C)c2c1. The Balaban J connectivity index is 1.78. The van der Waals surface area contributed by atoms with Crippen molar-refractivity contribution in [2.45, 2.75) is 25.7 Å². The molecule has 2 aromatic heterocycles. The monoisotopic (exact) mass is 445 g/mol. The highest BCUT2D eigenvalue weighted by molar-refractivity contribution is 7.89. The van der Waals surface area contributed by atoms with E-state index in [1.807, 2.05) is 32.9 Å². The first-order chi connectivity index (χ1) is 14.4. The smallest absolute Gasteiger partial charge is 0.294 e. The average Bonchev–Trinajstić information content (AvgIpc) is 3.34. The molecule has 0 radical (unpaired) electrons. The van der Waals surface area contributed by atoms with E-state index in [4.69, 9.17) is 20.5 Å². The van der Waals surface area contributed by atoms with E-state index in [1.54, 1.807) is 30.3 Å². The Hall–Kier alpha value is -2.68. The summed E-state index contributed by atoms with van der Waals surface area (Å²) in [4.78, 5) is 4.63. The Kier molecular flexibility index (Phi) is 5.40. The van der Waals surface area contributed by atoms with Crippen LogP contribution in [-0.2, 0) is 10.0 Å². The van der Waals surface area contributed by atoms with Gasteiger partial charge in [0.1, 0.15) is 5.58 Å². The van der Waals surface area contributed by atoms with E-state index in [-0.39, 0.29) is 10.8 Å². The second-order valence-corrected chi connectivity index (χ2v) is 9.05. The van der Waals surface area contributed by atoms with E-state index in [1.165, 1.54) is 4.31 Å². The fourth-order valence-electron chi connectivity index (χ4n) is 3.34. The van der Waals surface area contributed by atoms with Crippen LogP contribution in [0.4, 0.5) is 0 Å². The Labute approximate surface area is 179 Å². The first kappa shape index (κ1) is 20.6. The molecule has 0 aliphatic heterocycles. The van der Waals surface area contributed by atoms with Crippen molar-refractivity contribution < 1.29 is 17.4 Å². The van der Waals surface area contributed by atoms with Crippen molar-refractivity contribution in [3.05, 3.63) is 53.1 Å². The third kappa shape index (κ3) is 3.40. The molecule has 0 unspecified atom stereocenters. The number of furan rings is 1. The van der Waals surface area contributed by atoms with Gasteiger partial charge in [-0.15, -0.1) is 0 Å². The molecule has 4 rings (SSSR count). The molecule has 156 valence electrons. The molecule has 0 bridgehead atoms. The molecule has 2 heterocycles. The summed E-state index contributed by atoms with van der Waals surface area (Å²) in [6.45, 7) is 6.26. The van der Waals surface area contributed by atoms with Crippen molar-refractivity contribution in [1.29, 1.82) is 0 Å². The quantitative estimate of drug-likeness (QED) is 0.408. The minimum absolute atomic E-state index is 0.201. The summed E-state index contributed by atoms with van der Waals surface area (Å²) < 4.78 is 38.4. The van der Waals surface area contributed by atoms with Crippen LogP contribution in [0.15, 0.2) is 56.3 Å². The maximum Gasteiger partial charge on any atom is 0.294 e. The van der Waals surface area contributed by atoms with Crippen LogP contribution in [-0.4, -0.2) is 36.0 Å². The zero-order chi connectivity index (χ0) is 21.5. The molecule has 30 heavy (non-hydrogen) atoms. The molecule has 0 atom stereocenters. The van der Waals surface area contributed by atoms with Crippen molar-refractivity contribution in [3.8, 4) is 23.0 Å². The van der Waals surface area contributed by atoms with Gasteiger partial charge in [0.05, 0.1) is 9.92 Å². The highest BCUT2D eigenvalue weighted by Gasteiger charge is 2.25. The summed E-state index contributed by atoms with van der Waals surface area (Å²) in [5.41, 5.74) is 1.91. The van der Waals surface area contributed by atoms with E-state index in [2.05, 4.69) is 10.1 Å². The molecule has 0 N–H and O–H groups in total. The van der Waals surface area contributed by atoms with Gasteiger partial charge in [-0.1, -0.05) is 42.7 Å². The van der Waals surface area contributed by atoms with Gasteiger partial charge in [0.2, 0.25) is 15.8 Å². The van der Waals surface area contributed by atoms with Crippen molar-refractivity contribution >= 4 is 32.6 Å². The first-order valence-corrected chi connectivity index (χ1v) is 11.3. The fourth-order valence-corrected chi connectivity index (χ4v) is 5.05. The third-order valence-corrected chi connectivity index (χ3v) is 7.36. The summed E-state index contributed by atoms with van der Waals surface area (Å²) in [5.74, 6) is 0.945. The number of aromatic nitrogens is 2. The molecule has 7 nitrogen and oxygen atoms in total. The Bertz CT molecular complexity index is 1320. The molecule has 4 aromatic rings. The topological polar surface area (TPSA) is 89.4 Å². The molecule has 0 spiro atoms. The summed E-state index contributed by atoms with van der Waals surface area (Å²) in [6, 6.07) is 12.0. The minimum Gasteiger partial charge on any atom is -0.451 e. The second-order valence-electron chi connectivity index (χ2n) is 6.71. The number of hydrogen-bond acceptors (Lipinski definition) is 6. The van der Waals surface area contributed by atoms with Gasteiger partial charge in [-0.05, 0) is 37.3 Å². The minimum atomic E-state index is -3.58. The summed E-state index contributed by atoms with van der Waals surface area (Å²) >= 11 is 6.21. The molecular weight excluding hydrogens is 426 g/mol. The van der Waals surface area contributed by atoms with Gasteiger partial charge in [-0.3, -0.25) is 0 Å². The highest BCUT2D eigenvalue weighted by Crippen LogP contribution is 2.35. The summed E-state index contributed by atoms with van der Waals surface area (Å²) in [5, 5.41) is 5.19. The Morgan fingerprint density at radius 3 is 2.53 bits per heavy atom. The molecular formula is C21H20ClN3O4S. The predicted octanol–water partition coefficient (Wildman–Crippen LogP) is 5.14. The molecule has 0 saturated carbocycles. The lowest BCUT2D eigenvalue weighted by Crippen LogP contribution is -2.30. The number of nitrogens with zero attached hydrogens (tertiary/aromatic N) is 3. The number of fused-ring (bicyclic) bond motifs is 1. The lowest BCUT2D eigenvalue weighted by atomic mass is 10.1. The van der Waals surface area contributed by atoms with Crippen LogP contribution in [0.3, 0.4) is 0 Å². The van der Waals surface area contributed by atoms with Gasteiger partial charge >= 0.3 is 0 Å². The van der Waals surface area contributed by atoms with Gasteiger partial charge in [-0.2, -0.15) is 9.29 Å². The zero-order valence-electron chi connectivity index (χ0n) is 16.7. The van der Waals surface area contributed by atoms with Crippen LogP contribution in [0.1, 0.15) is 19.4 Å². The van der Waals surface area contributed by atoms with E-state index >= 15 is 0 Å². The van der Waals surface area contributed by atoms with Crippen LogP contribution in [0.2, 0.25) is 5.02 Å². The number of aryl methyl sites for hydroxylation is 1. The zero-order valence-corrected chi connectivity index (χ0v) is 18.3. The van der Waals surface area contributed by atoms with Gasteiger partial charge in [-0.25, -0.2) is 8.42 Å². The van der Waals surface area contributed by atoms with Crippen LogP contribution in [0.5, 0.6) is 0 Å². The van der Waals surface area contributed by atoms with Crippen LogP contribution in [0.25, 0.3) is 34.0 Å². The first-order valence-electron chi connectivity index (χ1n) is 9.49. The van der Waals surface area contributed by atoms with Crippen LogP contribution in [0, 0.1) is 6.92 Å². The lowest BCUT2D eigenvalue weighted by molar-refractivity contribution is 0.419. The number of benzene rings is 2. The molecule has 0 aliphatic rings. The lowest BCUT2D eigenvalue weighted by Gasteiger charge is -2.18. The normalized spacial score (nSPS) is 12.2. The fraction of sp³-hybridized carbons (Fsp3) is 0.238. The molecule has 0 aliphatic carbocycles. The summed E-state index contributed by atoms with van der Waals surface area (Å²) in [6.07, 6.45) is 0. The average molecular weight is 446 g/mol. The number of rotatable bonds is 6. The van der Waals surface area contributed by atoms with E-state index in [0.717, 1.165) is 5.56 Å². The standard InChI is InChI=1S/C21H20ClN3O4S/c1-4-25(5-2)30(26,27)14-10-11-18-16(12-14)13(3)19(28-18)21-23-20(24-29-21)15-8-6-7-9-17(15)22/h6-12H,4-5H2,1-3H3. The van der Waals surface area contributed by atoms with Gasteiger partial charge in [0, 0.05) is 29.6 Å². The van der Waals surface area contributed by atoms with Gasteiger partial charge < -0.3 is 8.94 Å². The van der Waals surface area contributed by atoms with Crippen molar-refractivity contribution in [2.75, 3.05) is 13.1 Å². The molecule has 0 fully saturated rings. The number of halogens is 1. The molecule has 0 amide bonds. The predicted molar refractivity (Wildman–Crippen MR) is 115 cm³/mol. The Morgan fingerprint density at radius 2 is 1.83 bits per heavy atom. The Morgan fingerprint density at radius 1 is 1.10 bits per heavy atom. The van der Waals surface area contributed by atoms with Crippen molar-refractivity contribution in [3.63, 3.8) is 0 Å². The van der Waals surface area contributed by atoms with Crippen LogP contribution >= 0.6 is 11.6 Å². The number of hydrogen-bond donors (Lipinski definition) is 0. The molecule has 9 heteroatoms. The van der Waals surface area contributed by atoms with Gasteiger partial charge in [0.15, 0.2) is 5.76 Å². The van der Waals surface area contributed by atoms with Crippen molar-refractivity contribution in [1.82, 2.24) is 14.4 Å². The molecule has 0 saturated heterocycles. The molecule has 2 aromatic carbocycles. The van der Waals surface area contributed by atoms with E-state index in [9.17, 15) is 8.42 Å².